The number of benzene rings is 1. The standard InChI is InChI=1S/C15H20N2O3/c1-3-5-13-16-14-11(15(19)20)6-4-7-12(14)17(13)10(2)8-9-18/h4,6-7,10,18H,3,5,8-9H2,1-2H3,(H,19,20). The Bertz CT molecular complexity index is 619. The van der Waals surface area contributed by atoms with Crippen LogP contribution in [-0.4, -0.2) is 32.3 Å². The highest BCUT2D eigenvalue weighted by Gasteiger charge is 2.19. The highest BCUT2D eigenvalue weighted by molar-refractivity contribution is 6.01. The molecule has 0 spiro atoms. The minimum Gasteiger partial charge on any atom is -0.478 e. The number of aliphatic hydroxyl groups excluding tert-OH is 1. The Kier molecular flexibility index (Phi) is 4.39. The zero-order chi connectivity index (χ0) is 14.7. The van der Waals surface area contributed by atoms with Gasteiger partial charge in [0, 0.05) is 19.1 Å². The Morgan fingerprint density at radius 1 is 1.45 bits per heavy atom. The molecule has 20 heavy (non-hydrogen) atoms. The van der Waals surface area contributed by atoms with E-state index in [1.807, 2.05) is 13.0 Å². The first-order valence-electron chi connectivity index (χ1n) is 6.94. The number of aromatic carboxylic acids is 1. The maximum Gasteiger partial charge on any atom is 0.337 e. The van der Waals surface area contributed by atoms with Crippen LogP contribution in [0.4, 0.5) is 0 Å². The summed E-state index contributed by atoms with van der Waals surface area (Å²) in [6, 6.07) is 5.30. The molecule has 0 aliphatic rings. The molecule has 2 rings (SSSR count). The van der Waals surface area contributed by atoms with E-state index in [0.29, 0.717) is 11.9 Å². The van der Waals surface area contributed by atoms with E-state index in [0.717, 1.165) is 24.2 Å². The lowest BCUT2D eigenvalue weighted by Gasteiger charge is -2.16. The van der Waals surface area contributed by atoms with Crippen molar-refractivity contribution in [2.45, 2.75) is 39.2 Å². The van der Waals surface area contributed by atoms with Gasteiger partial charge in [0.05, 0.1) is 11.1 Å². The van der Waals surface area contributed by atoms with E-state index in [-0.39, 0.29) is 18.2 Å². The fraction of sp³-hybridized carbons (Fsp3) is 0.467. The van der Waals surface area contributed by atoms with Gasteiger partial charge in [-0.2, -0.15) is 0 Å². The number of imidazole rings is 1. The van der Waals surface area contributed by atoms with Crippen molar-refractivity contribution in [1.29, 1.82) is 0 Å². The van der Waals surface area contributed by atoms with Gasteiger partial charge in [-0.15, -0.1) is 0 Å². The summed E-state index contributed by atoms with van der Waals surface area (Å²) in [7, 11) is 0. The van der Waals surface area contributed by atoms with Crippen molar-refractivity contribution in [3.8, 4) is 0 Å². The molecule has 1 unspecified atom stereocenters. The summed E-state index contributed by atoms with van der Waals surface area (Å²) in [6.07, 6.45) is 2.36. The van der Waals surface area contributed by atoms with Gasteiger partial charge in [0.1, 0.15) is 11.3 Å². The quantitative estimate of drug-likeness (QED) is 0.850. The largest absolute Gasteiger partial charge is 0.478 e. The Hall–Kier alpha value is -1.88. The van der Waals surface area contributed by atoms with E-state index in [1.165, 1.54) is 0 Å². The summed E-state index contributed by atoms with van der Waals surface area (Å²) in [6.45, 7) is 4.19. The second-order valence-electron chi connectivity index (χ2n) is 4.99. The lowest BCUT2D eigenvalue weighted by atomic mass is 10.1. The molecule has 0 radical (unpaired) electrons. The number of hydrogen-bond acceptors (Lipinski definition) is 3. The maximum absolute atomic E-state index is 11.3. The van der Waals surface area contributed by atoms with Crippen LogP contribution in [0.15, 0.2) is 18.2 Å². The van der Waals surface area contributed by atoms with Crippen molar-refractivity contribution in [3.05, 3.63) is 29.6 Å². The number of aryl methyl sites for hydroxylation is 1. The molecule has 0 amide bonds. The molecular formula is C15H20N2O3. The van der Waals surface area contributed by atoms with Crippen molar-refractivity contribution in [2.75, 3.05) is 6.61 Å². The number of carboxylic acids is 1. The molecule has 1 aromatic carbocycles. The fourth-order valence-corrected chi connectivity index (χ4v) is 2.55. The zero-order valence-electron chi connectivity index (χ0n) is 11.8. The first-order chi connectivity index (χ1) is 9.60. The van der Waals surface area contributed by atoms with E-state index in [9.17, 15) is 9.90 Å². The first-order valence-corrected chi connectivity index (χ1v) is 6.94. The van der Waals surface area contributed by atoms with Gasteiger partial charge in [-0.3, -0.25) is 0 Å². The molecule has 0 saturated carbocycles. The zero-order valence-corrected chi connectivity index (χ0v) is 11.8. The Morgan fingerprint density at radius 3 is 2.80 bits per heavy atom. The second kappa shape index (κ2) is 6.05. The molecule has 2 N–H and O–H groups in total. The van der Waals surface area contributed by atoms with Crippen LogP contribution in [0, 0.1) is 0 Å². The van der Waals surface area contributed by atoms with Crippen LogP contribution in [0.5, 0.6) is 0 Å². The van der Waals surface area contributed by atoms with Crippen LogP contribution in [0.25, 0.3) is 11.0 Å². The SMILES string of the molecule is CCCc1nc2c(C(=O)O)cccc2n1C(C)CCO. The average molecular weight is 276 g/mol. The number of aliphatic hydroxyl groups is 1. The highest BCUT2D eigenvalue weighted by atomic mass is 16.4. The lowest BCUT2D eigenvalue weighted by molar-refractivity contribution is 0.0699. The molecule has 108 valence electrons. The summed E-state index contributed by atoms with van der Waals surface area (Å²) in [5, 5.41) is 18.4. The number of rotatable bonds is 6. The van der Waals surface area contributed by atoms with Crippen molar-refractivity contribution >= 4 is 17.0 Å². The van der Waals surface area contributed by atoms with Gasteiger partial charge in [0.15, 0.2) is 0 Å². The Balaban J connectivity index is 2.66. The number of fused-ring (bicyclic) bond motifs is 1. The maximum atomic E-state index is 11.3. The van der Waals surface area contributed by atoms with E-state index >= 15 is 0 Å². The molecule has 0 saturated heterocycles. The topological polar surface area (TPSA) is 75.3 Å². The third-order valence-electron chi connectivity index (χ3n) is 3.48. The third kappa shape index (κ3) is 2.54. The minimum absolute atomic E-state index is 0.0931. The molecular weight excluding hydrogens is 256 g/mol. The molecule has 0 aliphatic carbocycles. The van der Waals surface area contributed by atoms with Gasteiger partial charge in [0.25, 0.3) is 0 Å². The van der Waals surface area contributed by atoms with Crippen LogP contribution >= 0.6 is 0 Å². The van der Waals surface area contributed by atoms with Crippen LogP contribution in [0.1, 0.15) is 48.9 Å². The van der Waals surface area contributed by atoms with Crippen LogP contribution in [0.2, 0.25) is 0 Å². The van der Waals surface area contributed by atoms with Crippen molar-refractivity contribution in [1.82, 2.24) is 9.55 Å². The van der Waals surface area contributed by atoms with E-state index < -0.39 is 5.97 Å². The van der Waals surface area contributed by atoms with Crippen LogP contribution in [0.3, 0.4) is 0 Å². The predicted octanol–water partition coefficient (Wildman–Crippen LogP) is 2.63. The number of hydrogen-bond donors (Lipinski definition) is 2. The lowest BCUT2D eigenvalue weighted by Crippen LogP contribution is -2.10. The normalized spacial score (nSPS) is 12.8. The summed E-state index contributed by atoms with van der Waals surface area (Å²) >= 11 is 0. The Morgan fingerprint density at radius 2 is 2.20 bits per heavy atom. The van der Waals surface area contributed by atoms with Crippen LogP contribution in [-0.2, 0) is 6.42 Å². The molecule has 1 atom stereocenters. The average Bonchev–Trinajstić information content (AvgIpc) is 2.76. The van der Waals surface area contributed by atoms with Gasteiger partial charge in [-0.1, -0.05) is 13.0 Å². The van der Waals surface area contributed by atoms with Gasteiger partial charge in [0.2, 0.25) is 0 Å². The van der Waals surface area contributed by atoms with E-state index in [4.69, 9.17) is 5.11 Å². The number of para-hydroxylation sites is 1. The fourth-order valence-electron chi connectivity index (χ4n) is 2.55. The van der Waals surface area contributed by atoms with E-state index in [2.05, 4.69) is 16.5 Å². The summed E-state index contributed by atoms with van der Waals surface area (Å²) < 4.78 is 2.06. The highest BCUT2D eigenvalue weighted by Crippen LogP contribution is 2.26. The Labute approximate surface area is 117 Å². The molecule has 0 bridgehead atoms. The summed E-state index contributed by atoms with van der Waals surface area (Å²) in [5.41, 5.74) is 1.59. The summed E-state index contributed by atoms with van der Waals surface area (Å²) in [4.78, 5) is 15.8. The third-order valence-corrected chi connectivity index (χ3v) is 3.48. The monoisotopic (exact) mass is 276 g/mol. The molecule has 2 aromatic rings. The van der Waals surface area contributed by atoms with E-state index in [1.54, 1.807) is 12.1 Å². The second-order valence-corrected chi connectivity index (χ2v) is 4.99. The molecule has 0 fully saturated rings. The predicted molar refractivity (Wildman–Crippen MR) is 77.1 cm³/mol. The number of carboxylic acid groups (broad SMARTS) is 1. The summed E-state index contributed by atoms with van der Waals surface area (Å²) in [5.74, 6) is -0.0738. The van der Waals surface area contributed by atoms with Gasteiger partial charge in [-0.05, 0) is 31.9 Å². The number of nitrogens with zero attached hydrogens (tertiary/aromatic N) is 2. The van der Waals surface area contributed by atoms with Gasteiger partial charge in [-0.25, -0.2) is 9.78 Å². The van der Waals surface area contributed by atoms with Crippen molar-refractivity contribution in [2.24, 2.45) is 0 Å². The first kappa shape index (κ1) is 14.5. The van der Waals surface area contributed by atoms with Crippen molar-refractivity contribution in [3.63, 3.8) is 0 Å². The van der Waals surface area contributed by atoms with Gasteiger partial charge >= 0.3 is 5.97 Å². The van der Waals surface area contributed by atoms with Crippen LogP contribution < -0.4 is 0 Å². The minimum atomic E-state index is -0.960. The molecule has 1 heterocycles. The number of carbonyl (C=O) groups is 1. The smallest absolute Gasteiger partial charge is 0.337 e. The van der Waals surface area contributed by atoms with Gasteiger partial charge < -0.3 is 14.8 Å². The molecule has 0 aliphatic heterocycles. The number of aromatic nitrogens is 2. The molecule has 5 heteroatoms. The molecule has 1 aromatic heterocycles. The molecule has 5 nitrogen and oxygen atoms in total. The van der Waals surface area contributed by atoms with Crippen molar-refractivity contribution < 1.29 is 15.0 Å².